The molecule has 1 fully saturated rings. The number of likely N-dealkylation sites (tertiary alicyclic amines) is 1. The maximum Gasteiger partial charge on any atom is 0.326 e. The summed E-state index contributed by atoms with van der Waals surface area (Å²) in [5, 5.41) is 42.1. The number of hydrogen-bond acceptors (Lipinski definition) is 11. The van der Waals surface area contributed by atoms with Crippen molar-refractivity contribution in [2.45, 2.75) is 135 Å². The van der Waals surface area contributed by atoms with Gasteiger partial charge >= 0.3 is 5.97 Å². The normalized spacial score (nSPS) is 19.0. The number of carbonyl (C=O) groups is 7. The molecular formula is C33H60N8O10. The number of carboxylic acid groups (broad SMARTS) is 1. The van der Waals surface area contributed by atoms with Crippen LogP contribution in [0, 0.1) is 11.8 Å². The molecular weight excluding hydrogens is 668 g/mol. The molecule has 0 aromatic carbocycles. The van der Waals surface area contributed by atoms with Crippen LogP contribution in [0.5, 0.6) is 0 Å². The van der Waals surface area contributed by atoms with Crippen molar-refractivity contribution in [2.75, 3.05) is 19.7 Å². The molecule has 1 heterocycles. The fourth-order valence-electron chi connectivity index (χ4n) is 5.63. The van der Waals surface area contributed by atoms with Crippen molar-refractivity contribution in [1.29, 1.82) is 0 Å². The lowest BCUT2D eigenvalue weighted by molar-refractivity contribution is -0.143. The van der Waals surface area contributed by atoms with Crippen LogP contribution in [-0.4, -0.2) is 130 Å². The van der Waals surface area contributed by atoms with Crippen LogP contribution in [0.2, 0.25) is 0 Å². The van der Waals surface area contributed by atoms with Gasteiger partial charge in [0.1, 0.15) is 36.3 Å². The highest BCUT2D eigenvalue weighted by atomic mass is 16.4. The Labute approximate surface area is 299 Å². The molecule has 292 valence electrons. The second-order valence-electron chi connectivity index (χ2n) is 13.7. The number of amides is 6. The minimum atomic E-state index is -1.51. The van der Waals surface area contributed by atoms with E-state index in [0.29, 0.717) is 38.6 Å². The van der Waals surface area contributed by atoms with Gasteiger partial charge in [-0.25, -0.2) is 4.79 Å². The van der Waals surface area contributed by atoms with Crippen LogP contribution in [0.1, 0.15) is 86.5 Å². The number of hydrogen-bond donors (Lipinski definition) is 10. The third-order valence-corrected chi connectivity index (χ3v) is 8.86. The molecule has 1 aliphatic rings. The summed E-state index contributed by atoms with van der Waals surface area (Å²) in [7, 11) is 0. The van der Waals surface area contributed by atoms with E-state index in [1.165, 1.54) is 18.7 Å². The van der Waals surface area contributed by atoms with Gasteiger partial charge in [-0.05, 0) is 70.8 Å². The van der Waals surface area contributed by atoms with Crippen molar-refractivity contribution in [3.63, 3.8) is 0 Å². The highest BCUT2D eigenvalue weighted by molar-refractivity contribution is 5.97. The number of nitrogens with zero attached hydrogens (tertiary/aromatic N) is 1. The molecule has 18 nitrogen and oxygen atoms in total. The van der Waals surface area contributed by atoms with Crippen molar-refractivity contribution >= 4 is 41.4 Å². The number of aliphatic hydroxyl groups is 2. The lowest BCUT2D eigenvalue weighted by Crippen LogP contribution is -2.61. The van der Waals surface area contributed by atoms with Crippen LogP contribution in [0.3, 0.4) is 0 Å². The highest BCUT2D eigenvalue weighted by Gasteiger charge is 2.39. The van der Waals surface area contributed by atoms with Crippen LogP contribution < -0.4 is 38.1 Å². The third kappa shape index (κ3) is 14.3. The maximum absolute atomic E-state index is 13.4. The summed E-state index contributed by atoms with van der Waals surface area (Å²) >= 11 is 0. The lowest BCUT2D eigenvalue weighted by atomic mass is 9.97. The zero-order valence-corrected chi connectivity index (χ0v) is 30.6. The van der Waals surface area contributed by atoms with Crippen LogP contribution in [-0.2, 0) is 33.6 Å². The van der Waals surface area contributed by atoms with Gasteiger partial charge in [0.05, 0.1) is 18.8 Å². The molecule has 0 aliphatic carbocycles. The Balaban J connectivity index is 2.97. The van der Waals surface area contributed by atoms with E-state index in [-0.39, 0.29) is 25.3 Å². The quantitative estimate of drug-likeness (QED) is 0.0515. The second-order valence-corrected chi connectivity index (χ2v) is 13.7. The van der Waals surface area contributed by atoms with E-state index < -0.39 is 102 Å². The van der Waals surface area contributed by atoms with Crippen LogP contribution >= 0.6 is 0 Å². The Morgan fingerprint density at radius 1 is 0.824 bits per heavy atom. The van der Waals surface area contributed by atoms with E-state index in [4.69, 9.17) is 11.5 Å². The maximum atomic E-state index is 13.4. The standard InChI is InChI=1S/C33H60N8O10/c1-7-18(4)25(30(47)37-22(33(50)51)11-8-9-13-34)39-28(45)23(16-42)38-29(46)24-12-10-14-41(24)32(49)19(5)36-31(48)26(20(6)43)40-27(44)21(35)15-17(2)3/h17-26,42-43H,7-16,34-35H2,1-6H3,(H,36,48)(H,37,47)(H,38,46)(H,39,45)(H,40,44)(H,50,51)/t18-,19-,20+,21-,22-,23-,24-,25-,26-/m0/s1. The number of nitrogens with one attached hydrogen (secondary N) is 5. The van der Waals surface area contributed by atoms with E-state index in [9.17, 15) is 48.9 Å². The average Bonchev–Trinajstić information content (AvgIpc) is 3.56. The largest absolute Gasteiger partial charge is 0.480 e. The lowest BCUT2D eigenvalue weighted by Gasteiger charge is -2.30. The molecule has 51 heavy (non-hydrogen) atoms. The van der Waals surface area contributed by atoms with Crippen molar-refractivity contribution in [1.82, 2.24) is 31.5 Å². The molecule has 0 radical (unpaired) electrons. The van der Waals surface area contributed by atoms with Crippen LogP contribution in [0.15, 0.2) is 0 Å². The summed E-state index contributed by atoms with van der Waals surface area (Å²) < 4.78 is 0. The van der Waals surface area contributed by atoms with Gasteiger partial charge < -0.3 is 58.3 Å². The van der Waals surface area contributed by atoms with Crippen molar-refractivity contribution in [3.05, 3.63) is 0 Å². The molecule has 12 N–H and O–H groups in total. The number of carboxylic acids is 1. The molecule has 0 spiro atoms. The number of aliphatic carboxylic acids is 1. The first-order chi connectivity index (χ1) is 23.9. The zero-order valence-electron chi connectivity index (χ0n) is 30.6. The molecule has 6 amide bonds. The first kappa shape index (κ1) is 45.2. The highest BCUT2D eigenvalue weighted by Crippen LogP contribution is 2.19. The van der Waals surface area contributed by atoms with E-state index in [1.54, 1.807) is 13.8 Å². The van der Waals surface area contributed by atoms with E-state index in [1.807, 2.05) is 13.8 Å². The smallest absolute Gasteiger partial charge is 0.326 e. The number of aliphatic hydroxyl groups excluding tert-OH is 2. The van der Waals surface area contributed by atoms with Gasteiger partial charge in [-0.15, -0.1) is 0 Å². The van der Waals surface area contributed by atoms with Gasteiger partial charge in [0.2, 0.25) is 35.4 Å². The first-order valence-corrected chi connectivity index (χ1v) is 17.7. The predicted molar refractivity (Wildman–Crippen MR) is 186 cm³/mol. The summed E-state index contributed by atoms with van der Waals surface area (Å²) in [4.78, 5) is 91.7. The fourth-order valence-corrected chi connectivity index (χ4v) is 5.63. The Kier molecular flexibility index (Phi) is 19.6. The Bertz CT molecular complexity index is 1200. The van der Waals surface area contributed by atoms with Gasteiger partial charge in [-0.1, -0.05) is 34.1 Å². The zero-order chi connectivity index (χ0) is 39.0. The molecule has 0 aromatic rings. The summed E-state index contributed by atoms with van der Waals surface area (Å²) in [6.07, 6.45) is 1.28. The molecule has 18 heteroatoms. The van der Waals surface area contributed by atoms with Crippen LogP contribution in [0.4, 0.5) is 0 Å². The van der Waals surface area contributed by atoms with Crippen molar-refractivity contribution in [3.8, 4) is 0 Å². The Hall–Kier alpha value is -3.87. The van der Waals surface area contributed by atoms with Gasteiger partial charge in [0.25, 0.3) is 0 Å². The number of rotatable bonds is 22. The summed E-state index contributed by atoms with van der Waals surface area (Å²) in [5.74, 6) is -6.06. The van der Waals surface area contributed by atoms with Crippen molar-refractivity contribution < 1.29 is 48.9 Å². The first-order valence-electron chi connectivity index (χ1n) is 17.7. The number of carbonyl (C=O) groups excluding carboxylic acids is 6. The number of nitrogens with two attached hydrogens (primary N) is 2. The minimum Gasteiger partial charge on any atom is -0.480 e. The predicted octanol–water partition coefficient (Wildman–Crippen LogP) is -2.57. The summed E-state index contributed by atoms with van der Waals surface area (Å²) in [5.41, 5.74) is 11.4. The van der Waals surface area contributed by atoms with Gasteiger partial charge in [0, 0.05) is 6.54 Å². The van der Waals surface area contributed by atoms with Gasteiger partial charge in [-0.3, -0.25) is 28.8 Å². The van der Waals surface area contributed by atoms with Gasteiger partial charge in [0.15, 0.2) is 0 Å². The molecule has 1 aliphatic heterocycles. The third-order valence-electron chi connectivity index (χ3n) is 8.86. The molecule has 0 bridgehead atoms. The average molecular weight is 729 g/mol. The number of unbranched alkanes of at least 4 members (excludes halogenated alkanes) is 1. The molecule has 0 unspecified atom stereocenters. The summed E-state index contributed by atoms with van der Waals surface area (Å²) in [6.45, 7) is 9.57. The SMILES string of the molecule is CC[C@H](C)[C@H](NC(=O)[C@H](CO)NC(=O)[C@@H]1CCCN1C(=O)[C@H](C)NC(=O)[C@@H](NC(=O)[C@@H](N)CC(C)C)[C@@H](C)O)C(=O)N[C@@H](CCCCN)C(=O)O. The minimum absolute atomic E-state index is 0.110. The van der Waals surface area contributed by atoms with E-state index in [2.05, 4.69) is 26.6 Å². The Morgan fingerprint density at radius 3 is 1.96 bits per heavy atom. The summed E-state index contributed by atoms with van der Waals surface area (Å²) in [6, 6.07) is -8.44. The molecule has 1 rings (SSSR count). The molecule has 1 saturated heterocycles. The van der Waals surface area contributed by atoms with Crippen LogP contribution in [0.25, 0.3) is 0 Å². The topological polar surface area (TPSA) is 296 Å². The van der Waals surface area contributed by atoms with E-state index in [0.717, 1.165) is 0 Å². The Morgan fingerprint density at radius 2 is 1.43 bits per heavy atom. The molecule has 9 atom stereocenters. The molecule has 0 aromatic heterocycles. The second kappa shape index (κ2) is 22.1. The monoisotopic (exact) mass is 728 g/mol. The van der Waals surface area contributed by atoms with Crippen molar-refractivity contribution in [2.24, 2.45) is 23.3 Å². The molecule has 0 saturated carbocycles. The van der Waals surface area contributed by atoms with Gasteiger partial charge in [-0.2, -0.15) is 0 Å². The van der Waals surface area contributed by atoms with E-state index >= 15 is 0 Å². The fraction of sp³-hybridized carbons (Fsp3) is 0.788.